The third-order valence-electron chi connectivity index (χ3n) is 5.19. The molecule has 0 bridgehead atoms. The van der Waals surface area contributed by atoms with Crippen molar-refractivity contribution in [3.05, 3.63) is 92.7 Å². The maximum Gasteiger partial charge on any atom is 0.269 e. The topological polar surface area (TPSA) is 134 Å². The molecule has 1 N–H and O–H groups in total. The fourth-order valence-electron chi connectivity index (χ4n) is 3.57. The van der Waals surface area contributed by atoms with Crippen molar-refractivity contribution in [1.82, 2.24) is 24.6 Å². The van der Waals surface area contributed by atoms with Crippen LogP contribution < -0.4 is 15.6 Å². The highest BCUT2D eigenvalue weighted by molar-refractivity contribution is 5.94. The lowest BCUT2D eigenvalue weighted by Crippen LogP contribution is -2.27. The van der Waals surface area contributed by atoms with Gasteiger partial charge in [-0.1, -0.05) is 12.1 Å². The Kier molecular flexibility index (Phi) is 6.86. The van der Waals surface area contributed by atoms with Crippen molar-refractivity contribution in [3.63, 3.8) is 0 Å². The number of aromatic nitrogens is 4. The van der Waals surface area contributed by atoms with E-state index in [-0.39, 0.29) is 36.3 Å². The van der Waals surface area contributed by atoms with Crippen LogP contribution in [0.5, 0.6) is 5.75 Å². The van der Waals surface area contributed by atoms with Crippen molar-refractivity contribution in [2.75, 3.05) is 6.54 Å². The highest BCUT2D eigenvalue weighted by atomic mass is 16.6. The molecule has 0 radical (unpaired) electrons. The fourth-order valence-corrected chi connectivity index (χ4v) is 3.57. The van der Waals surface area contributed by atoms with Crippen LogP contribution in [0.2, 0.25) is 0 Å². The van der Waals surface area contributed by atoms with Crippen LogP contribution in [0.3, 0.4) is 0 Å². The molecule has 11 heteroatoms. The number of benzene rings is 2. The molecule has 0 aliphatic carbocycles. The van der Waals surface area contributed by atoms with Crippen LogP contribution in [0.15, 0.2) is 65.8 Å². The molecule has 0 atom stereocenters. The van der Waals surface area contributed by atoms with Crippen LogP contribution in [0.4, 0.5) is 5.69 Å². The lowest BCUT2D eigenvalue weighted by Gasteiger charge is -2.10. The number of nitrogens with one attached hydrogen (secondary N) is 1. The van der Waals surface area contributed by atoms with Gasteiger partial charge in [0.15, 0.2) is 5.65 Å². The summed E-state index contributed by atoms with van der Waals surface area (Å²) < 4.78 is 8.51. The number of ether oxygens (including phenoxy) is 1. The number of nitro benzene ring substituents is 1. The quantitative estimate of drug-likeness (QED) is 0.290. The summed E-state index contributed by atoms with van der Waals surface area (Å²) in [5.41, 5.74) is 1.17. The summed E-state index contributed by atoms with van der Waals surface area (Å²) >= 11 is 0. The van der Waals surface area contributed by atoms with E-state index >= 15 is 0 Å². The summed E-state index contributed by atoms with van der Waals surface area (Å²) in [5.74, 6) is 0.464. The molecule has 0 aliphatic rings. The van der Waals surface area contributed by atoms with Crippen LogP contribution in [-0.2, 0) is 13.1 Å². The van der Waals surface area contributed by atoms with E-state index in [4.69, 9.17) is 4.74 Å². The minimum atomic E-state index is -0.479. The molecule has 0 saturated heterocycles. The highest BCUT2D eigenvalue weighted by Crippen LogP contribution is 2.15. The number of hydrogen-bond donors (Lipinski definition) is 1. The van der Waals surface area contributed by atoms with Gasteiger partial charge in [0.2, 0.25) is 0 Å². The van der Waals surface area contributed by atoms with Gasteiger partial charge in [-0.05, 0) is 43.7 Å². The normalized spacial score (nSPS) is 11.1. The Hall–Kier alpha value is -4.54. The number of nitrogens with zero attached hydrogens (tertiary/aromatic N) is 5. The second-order valence-corrected chi connectivity index (χ2v) is 8.16. The van der Waals surface area contributed by atoms with Crippen molar-refractivity contribution in [2.45, 2.75) is 33.0 Å². The molecule has 0 aliphatic heterocycles. The highest BCUT2D eigenvalue weighted by Gasteiger charge is 2.13. The van der Waals surface area contributed by atoms with Crippen LogP contribution >= 0.6 is 0 Å². The molecule has 11 nitrogen and oxygen atoms in total. The number of hydrogen-bond acceptors (Lipinski definition) is 7. The van der Waals surface area contributed by atoms with Gasteiger partial charge in [0.25, 0.3) is 17.2 Å². The fraction of sp³-hybridized carbons (Fsp3) is 0.250. The van der Waals surface area contributed by atoms with Gasteiger partial charge in [-0.15, -0.1) is 0 Å². The molecule has 0 unspecified atom stereocenters. The molecule has 180 valence electrons. The lowest BCUT2D eigenvalue weighted by molar-refractivity contribution is -0.384. The summed E-state index contributed by atoms with van der Waals surface area (Å²) in [6, 6.07) is 13.0. The van der Waals surface area contributed by atoms with Crippen molar-refractivity contribution in [3.8, 4) is 5.75 Å². The number of carbonyl (C=O) groups is 1. The molecule has 35 heavy (non-hydrogen) atoms. The molecule has 2 heterocycles. The largest absolute Gasteiger partial charge is 0.491 e. The summed E-state index contributed by atoms with van der Waals surface area (Å²) in [4.78, 5) is 40.2. The third-order valence-corrected chi connectivity index (χ3v) is 5.19. The second kappa shape index (κ2) is 10.2. The Labute approximate surface area is 200 Å². The Morgan fingerprint density at radius 3 is 2.69 bits per heavy atom. The van der Waals surface area contributed by atoms with E-state index in [2.05, 4.69) is 15.4 Å². The van der Waals surface area contributed by atoms with Gasteiger partial charge in [0, 0.05) is 24.2 Å². The Morgan fingerprint density at radius 2 is 1.97 bits per heavy atom. The summed E-state index contributed by atoms with van der Waals surface area (Å²) in [7, 11) is 0. The van der Waals surface area contributed by atoms with E-state index in [0.29, 0.717) is 34.5 Å². The average Bonchev–Trinajstić information content (AvgIpc) is 3.25. The minimum Gasteiger partial charge on any atom is -0.491 e. The zero-order valence-electron chi connectivity index (χ0n) is 19.2. The van der Waals surface area contributed by atoms with E-state index in [1.54, 1.807) is 41.1 Å². The Morgan fingerprint density at radius 1 is 1.20 bits per heavy atom. The first-order valence-corrected chi connectivity index (χ1v) is 11.0. The number of non-ortho nitro benzene ring substituents is 1. The van der Waals surface area contributed by atoms with Crippen LogP contribution in [0.1, 0.15) is 29.8 Å². The number of nitro groups is 1. The molecule has 1 amide bonds. The maximum atomic E-state index is 12.9. The van der Waals surface area contributed by atoms with Crippen molar-refractivity contribution < 1.29 is 14.5 Å². The molecule has 4 aromatic rings. The first-order chi connectivity index (χ1) is 16.8. The van der Waals surface area contributed by atoms with Crippen LogP contribution in [0.25, 0.3) is 11.0 Å². The monoisotopic (exact) mass is 476 g/mol. The van der Waals surface area contributed by atoms with Gasteiger partial charge < -0.3 is 10.1 Å². The predicted molar refractivity (Wildman–Crippen MR) is 129 cm³/mol. The molecule has 2 aromatic heterocycles. The molecular weight excluding hydrogens is 452 g/mol. The number of amides is 1. The number of rotatable bonds is 9. The first kappa shape index (κ1) is 23.6. The molecule has 2 aromatic carbocycles. The van der Waals surface area contributed by atoms with Crippen molar-refractivity contribution in [1.29, 1.82) is 0 Å². The predicted octanol–water partition coefficient (Wildman–Crippen LogP) is 2.77. The van der Waals surface area contributed by atoms with E-state index in [1.807, 2.05) is 13.8 Å². The lowest BCUT2D eigenvalue weighted by atomic mass is 10.2. The van der Waals surface area contributed by atoms with Crippen LogP contribution in [-0.4, -0.2) is 42.8 Å². The second-order valence-electron chi connectivity index (χ2n) is 8.16. The Bertz CT molecular complexity index is 1420. The summed E-state index contributed by atoms with van der Waals surface area (Å²) in [6.07, 6.45) is 2.88. The van der Waals surface area contributed by atoms with E-state index < -0.39 is 4.92 Å². The Balaban J connectivity index is 1.40. The minimum absolute atomic E-state index is 0.0423. The zero-order valence-corrected chi connectivity index (χ0v) is 19.2. The van der Waals surface area contributed by atoms with Gasteiger partial charge in [-0.3, -0.25) is 24.3 Å². The van der Waals surface area contributed by atoms with E-state index in [9.17, 15) is 19.7 Å². The van der Waals surface area contributed by atoms with Crippen molar-refractivity contribution >= 4 is 22.6 Å². The van der Waals surface area contributed by atoms with Gasteiger partial charge in [-0.25, -0.2) is 9.67 Å². The molecule has 4 rings (SSSR count). The van der Waals surface area contributed by atoms with Gasteiger partial charge in [0.05, 0.1) is 30.3 Å². The molecule has 0 saturated carbocycles. The molecular formula is C24H24N6O5. The SMILES string of the molecule is CC(C)Oc1ccc(C(=O)NCCn2ncc3c(=O)n(Cc4cccc([N+](=O)[O-])c4)cnc32)cc1. The summed E-state index contributed by atoms with van der Waals surface area (Å²) in [6.45, 7) is 4.62. The maximum absolute atomic E-state index is 12.9. The van der Waals surface area contributed by atoms with Crippen molar-refractivity contribution in [2.24, 2.45) is 0 Å². The van der Waals surface area contributed by atoms with Gasteiger partial charge >= 0.3 is 0 Å². The standard InChI is InChI=1S/C24H24N6O5/c1-16(2)35-20-8-6-18(7-9-20)23(31)25-10-11-29-22-21(13-27-29)24(32)28(15-26-22)14-17-4-3-5-19(12-17)30(33)34/h3-9,12-13,15-16H,10-11,14H2,1-2H3,(H,25,31). The summed E-state index contributed by atoms with van der Waals surface area (Å²) in [5, 5.41) is 18.4. The number of fused-ring (bicyclic) bond motifs is 1. The van der Waals surface area contributed by atoms with E-state index in [1.165, 1.54) is 29.2 Å². The van der Waals surface area contributed by atoms with E-state index in [0.717, 1.165) is 0 Å². The average molecular weight is 476 g/mol. The number of carbonyl (C=O) groups excluding carboxylic acids is 1. The smallest absolute Gasteiger partial charge is 0.269 e. The van der Waals surface area contributed by atoms with Crippen LogP contribution in [0, 0.1) is 10.1 Å². The molecule has 0 fully saturated rings. The third kappa shape index (κ3) is 5.52. The zero-order chi connectivity index (χ0) is 24.9. The van der Waals surface area contributed by atoms with Gasteiger partial charge in [-0.2, -0.15) is 5.10 Å². The molecule has 0 spiro atoms. The van der Waals surface area contributed by atoms with Gasteiger partial charge in [0.1, 0.15) is 17.5 Å². The first-order valence-electron chi connectivity index (χ1n) is 11.0.